The fourth-order valence-corrected chi connectivity index (χ4v) is 3.71. The Morgan fingerprint density at radius 2 is 1.55 bits per heavy atom. The van der Waals surface area contributed by atoms with Crippen molar-refractivity contribution in [2.24, 2.45) is 0 Å². The van der Waals surface area contributed by atoms with Gasteiger partial charge in [0.05, 0.1) is 17.2 Å². The summed E-state index contributed by atoms with van der Waals surface area (Å²) in [4.78, 5) is 39.0. The molecule has 3 amide bonds. The Morgan fingerprint density at radius 3 is 2.26 bits per heavy atom. The van der Waals surface area contributed by atoms with Crippen molar-refractivity contribution in [2.45, 2.75) is 19.4 Å². The van der Waals surface area contributed by atoms with E-state index in [0.717, 1.165) is 21.6 Å². The number of nitrogens with zero attached hydrogens (tertiary/aromatic N) is 1. The molecule has 0 aromatic heterocycles. The molecule has 0 aliphatic carbocycles. The number of hydrogen-bond donors (Lipinski definition) is 1. The molecule has 0 saturated heterocycles. The highest BCUT2D eigenvalue weighted by Crippen LogP contribution is 2.25. The van der Waals surface area contributed by atoms with Crippen molar-refractivity contribution in [1.29, 1.82) is 0 Å². The Labute approximate surface area is 179 Å². The van der Waals surface area contributed by atoms with Gasteiger partial charge in [0.1, 0.15) is 5.82 Å². The second kappa shape index (κ2) is 8.52. The van der Waals surface area contributed by atoms with E-state index < -0.39 is 6.04 Å². The highest BCUT2D eigenvalue weighted by molar-refractivity contribution is 6.21. The van der Waals surface area contributed by atoms with Gasteiger partial charge in [0.2, 0.25) is 5.91 Å². The number of halogens is 1. The summed E-state index contributed by atoms with van der Waals surface area (Å²) in [6.07, 6.45) is -0.0328. The summed E-state index contributed by atoms with van der Waals surface area (Å²) in [7, 11) is 0. The Kier molecular flexibility index (Phi) is 5.62. The number of aryl methyl sites for hydroxylation is 1. The quantitative estimate of drug-likeness (QED) is 0.617. The normalized spacial score (nSPS) is 13.8. The molecule has 4 rings (SSSR count). The van der Waals surface area contributed by atoms with Gasteiger partial charge in [-0.05, 0) is 42.3 Å². The van der Waals surface area contributed by atoms with Gasteiger partial charge in [-0.3, -0.25) is 19.3 Å². The van der Waals surface area contributed by atoms with Gasteiger partial charge in [-0.1, -0.05) is 54.1 Å². The van der Waals surface area contributed by atoms with Gasteiger partial charge in [-0.25, -0.2) is 4.39 Å². The van der Waals surface area contributed by atoms with Crippen LogP contribution in [-0.2, 0) is 4.79 Å². The molecule has 0 fully saturated rings. The molecule has 156 valence electrons. The third kappa shape index (κ3) is 4.23. The summed E-state index contributed by atoms with van der Waals surface area (Å²) in [5.41, 5.74) is 3.21. The zero-order valence-corrected chi connectivity index (χ0v) is 17.0. The van der Waals surface area contributed by atoms with Crippen LogP contribution in [0, 0.1) is 12.7 Å². The number of fused-ring (bicyclic) bond motifs is 1. The molecule has 1 aliphatic rings. The number of imide groups is 1. The molecule has 1 heterocycles. The van der Waals surface area contributed by atoms with Crippen molar-refractivity contribution in [1.82, 2.24) is 10.2 Å². The molecule has 3 aromatic carbocycles. The summed E-state index contributed by atoms with van der Waals surface area (Å²) in [6.45, 7) is 1.84. The second-order valence-electron chi connectivity index (χ2n) is 7.52. The molecule has 0 bridgehead atoms. The average molecular weight is 416 g/mol. The smallest absolute Gasteiger partial charge is 0.261 e. The second-order valence-corrected chi connectivity index (χ2v) is 7.52. The SMILES string of the molecule is Cc1ccc2c(c1)C(=O)N(CCC(=O)NC(c1ccccc1)c1ccc(F)cc1)C2=O. The van der Waals surface area contributed by atoms with E-state index in [9.17, 15) is 18.8 Å². The molecular weight excluding hydrogens is 395 g/mol. The number of benzene rings is 3. The standard InChI is InChI=1S/C25H21FN2O3/c1-16-7-12-20-21(15-16)25(31)28(24(20)30)14-13-22(29)27-23(17-5-3-2-4-6-17)18-8-10-19(26)11-9-18/h2-12,15,23H,13-14H2,1H3,(H,27,29). The van der Waals surface area contributed by atoms with E-state index >= 15 is 0 Å². The third-order valence-electron chi connectivity index (χ3n) is 5.33. The summed E-state index contributed by atoms with van der Waals surface area (Å²) in [6, 6.07) is 19.9. The zero-order valence-electron chi connectivity index (χ0n) is 17.0. The third-order valence-corrected chi connectivity index (χ3v) is 5.33. The maximum atomic E-state index is 13.4. The summed E-state index contributed by atoms with van der Waals surface area (Å²) in [5, 5.41) is 2.94. The Hall–Kier alpha value is -3.80. The first kappa shape index (κ1) is 20.5. The van der Waals surface area contributed by atoms with Crippen LogP contribution in [0.1, 0.15) is 49.9 Å². The van der Waals surface area contributed by atoms with E-state index in [0.29, 0.717) is 11.1 Å². The first-order valence-corrected chi connectivity index (χ1v) is 10.0. The fraction of sp³-hybridized carbons (Fsp3) is 0.160. The minimum Gasteiger partial charge on any atom is -0.345 e. The molecule has 0 saturated carbocycles. The molecule has 1 aliphatic heterocycles. The minimum absolute atomic E-state index is 0.0118. The largest absolute Gasteiger partial charge is 0.345 e. The van der Waals surface area contributed by atoms with Crippen LogP contribution < -0.4 is 5.32 Å². The number of nitrogens with one attached hydrogen (secondary N) is 1. The monoisotopic (exact) mass is 416 g/mol. The first-order valence-electron chi connectivity index (χ1n) is 10.0. The van der Waals surface area contributed by atoms with Crippen LogP contribution in [0.15, 0.2) is 72.8 Å². The van der Waals surface area contributed by atoms with E-state index in [1.165, 1.54) is 12.1 Å². The van der Waals surface area contributed by atoms with E-state index in [1.807, 2.05) is 37.3 Å². The fourth-order valence-electron chi connectivity index (χ4n) is 3.71. The van der Waals surface area contributed by atoms with Crippen LogP contribution in [0.2, 0.25) is 0 Å². The van der Waals surface area contributed by atoms with Crippen LogP contribution in [0.3, 0.4) is 0 Å². The van der Waals surface area contributed by atoms with Gasteiger partial charge < -0.3 is 5.32 Å². The van der Waals surface area contributed by atoms with Crippen LogP contribution in [0.25, 0.3) is 0 Å². The molecule has 0 radical (unpaired) electrons. The van der Waals surface area contributed by atoms with Gasteiger partial charge in [-0.2, -0.15) is 0 Å². The van der Waals surface area contributed by atoms with Gasteiger partial charge >= 0.3 is 0 Å². The van der Waals surface area contributed by atoms with Gasteiger partial charge in [0.15, 0.2) is 0 Å². The van der Waals surface area contributed by atoms with Crippen LogP contribution in [0.4, 0.5) is 4.39 Å². The van der Waals surface area contributed by atoms with Crippen molar-refractivity contribution < 1.29 is 18.8 Å². The summed E-state index contributed by atoms with van der Waals surface area (Å²) in [5.74, 6) is -1.44. The van der Waals surface area contributed by atoms with Gasteiger partial charge in [-0.15, -0.1) is 0 Å². The minimum atomic E-state index is -0.473. The van der Waals surface area contributed by atoms with Crippen LogP contribution >= 0.6 is 0 Å². The lowest BCUT2D eigenvalue weighted by atomic mass is 9.98. The Balaban J connectivity index is 1.47. The molecule has 3 aromatic rings. The molecule has 1 atom stereocenters. The molecule has 1 unspecified atom stereocenters. The van der Waals surface area contributed by atoms with E-state index in [-0.39, 0.29) is 36.5 Å². The predicted molar refractivity (Wildman–Crippen MR) is 114 cm³/mol. The van der Waals surface area contributed by atoms with Crippen molar-refractivity contribution in [3.05, 3.63) is 106 Å². The molecule has 5 nitrogen and oxygen atoms in total. The number of hydrogen-bond acceptors (Lipinski definition) is 3. The summed E-state index contributed by atoms with van der Waals surface area (Å²) < 4.78 is 13.4. The maximum Gasteiger partial charge on any atom is 0.261 e. The van der Waals surface area contributed by atoms with Gasteiger partial charge in [0.25, 0.3) is 11.8 Å². The van der Waals surface area contributed by atoms with Gasteiger partial charge in [0, 0.05) is 13.0 Å². The molecule has 31 heavy (non-hydrogen) atoms. The zero-order chi connectivity index (χ0) is 22.0. The van der Waals surface area contributed by atoms with Crippen molar-refractivity contribution >= 4 is 17.7 Å². The summed E-state index contributed by atoms with van der Waals surface area (Å²) >= 11 is 0. The highest BCUT2D eigenvalue weighted by atomic mass is 19.1. The number of carbonyl (C=O) groups excluding carboxylic acids is 3. The highest BCUT2D eigenvalue weighted by Gasteiger charge is 2.35. The molecule has 1 N–H and O–H groups in total. The van der Waals surface area contributed by atoms with Crippen LogP contribution in [0.5, 0.6) is 0 Å². The molecular formula is C25H21FN2O3. The lowest BCUT2D eigenvalue weighted by Gasteiger charge is -2.21. The van der Waals surface area contributed by atoms with Crippen molar-refractivity contribution in [3.63, 3.8) is 0 Å². The Morgan fingerprint density at radius 1 is 0.903 bits per heavy atom. The van der Waals surface area contributed by atoms with Crippen molar-refractivity contribution in [2.75, 3.05) is 6.54 Å². The molecule has 0 spiro atoms. The topological polar surface area (TPSA) is 66.5 Å². The lowest BCUT2D eigenvalue weighted by molar-refractivity contribution is -0.121. The van der Waals surface area contributed by atoms with E-state index in [1.54, 1.807) is 30.3 Å². The number of carbonyl (C=O) groups is 3. The van der Waals surface area contributed by atoms with Crippen LogP contribution in [-0.4, -0.2) is 29.2 Å². The lowest BCUT2D eigenvalue weighted by Crippen LogP contribution is -2.36. The molecule has 6 heteroatoms. The maximum absolute atomic E-state index is 13.4. The number of rotatable bonds is 6. The van der Waals surface area contributed by atoms with E-state index in [4.69, 9.17) is 0 Å². The van der Waals surface area contributed by atoms with Crippen molar-refractivity contribution in [3.8, 4) is 0 Å². The predicted octanol–water partition coefficient (Wildman–Crippen LogP) is 4.03. The Bertz CT molecular complexity index is 1140. The van der Waals surface area contributed by atoms with E-state index in [2.05, 4.69) is 5.32 Å². The first-order chi connectivity index (χ1) is 14.9. The number of amides is 3. The average Bonchev–Trinajstić information content (AvgIpc) is 3.01.